The fourth-order valence-electron chi connectivity index (χ4n) is 3.26. The average molecular weight is 344 g/mol. The maximum absolute atomic E-state index is 12.6. The van der Waals surface area contributed by atoms with E-state index in [1.807, 2.05) is 0 Å². The number of amides is 1. The monoisotopic (exact) mass is 344 g/mol. The quantitative estimate of drug-likeness (QED) is 0.802. The van der Waals surface area contributed by atoms with Gasteiger partial charge in [-0.15, -0.1) is 0 Å². The zero-order valence-corrected chi connectivity index (χ0v) is 14.1. The van der Waals surface area contributed by atoms with Crippen molar-refractivity contribution < 1.29 is 9.90 Å². The van der Waals surface area contributed by atoms with Gasteiger partial charge in [-0.25, -0.2) is 4.79 Å². The molecule has 0 radical (unpaired) electrons. The predicted molar refractivity (Wildman–Crippen MR) is 90.5 cm³/mol. The van der Waals surface area contributed by atoms with Gasteiger partial charge in [0.25, 0.3) is 11.5 Å². The molecule has 0 aliphatic carbocycles. The molecule has 1 aliphatic heterocycles. The first kappa shape index (κ1) is 17.1. The van der Waals surface area contributed by atoms with E-state index in [9.17, 15) is 19.5 Å². The van der Waals surface area contributed by atoms with Crippen LogP contribution in [0.3, 0.4) is 0 Å². The second-order valence-corrected chi connectivity index (χ2v) is 6.61. The number of aromatic nitrogens is 3. The van der Waals surface area contributed by atoms with E-state index in [1.54, 1.807) is 37.1 Å². The number of carbonyl (C=O) groups excluding carboxylic acids is 1. The van der Waals surface area contributed by atoms with E-state index in [2.05, 4.69) is 9.97 Å². The molecule has 1 fully saturated rings. The number of carbonyl (C=O) groups is 1. The van der Waals surface area contributed by atoms with Crippen molar-refractivity contribution in [2.24, 2.45) is 0 Å². The highest BCUT2D eigenvalue weighted by molar-refractivity contribution is 5.94. The van der Waals surface area contributed by atoms with Crippen LogP contribution >= 0.6 is 0 Å². The number of β-amino-alcohol motifs (C(OH)–C–C–N with tert-alkyl or cyclic N) is 1. The second kappa shape index (κ2) is 6.29. The fourth-order valence-corrected chi connectivity index (χ4v) is 3.26. The Kier molecular flexibility index (Phi) is 4.30. The van der Waals surface area contributed by atoms with Crippen LogP contribution in [0.1, 0.15) is 35.3 Å². The summed E-state index contributed by atoms with van der Waals surface area (Å²) in [6.45, 7) is 3.66. The Morgan fingerprint density at radius 2 is 2.20 bits per heavy atom. The first-order valence-electron chi connectivity index (χ1n) is 8.03. The molecule has 2 N–H and O–H groups in total. The third-order valence-corrected chi connectivity index (χ3v) is 4.58. The van der Waals surface area contributed by atoms with Crippen LogP contribution in [0.2, 0.25) is 0 Å². The van der Waals surface area contributed by atoms with Gasteiger partial charge in [-0.3, -0.25) is 24.1 Å². The molecule has 132 valence electrons. The molecule has 1 amide bonds. The maximum atomic E-state index is 12.6. The minimum Gasteiger partial charge on any atom is -0.386 e. The molecule has 2 aromatic heterocycles. The largest absolute Gasteiger partial charge is 0.386 e. The third-order valence-electron chi connectivity index (χ3n) is 4.58. The first-order valence-corrected chi connectivity index (χ1v) is 8.03. The van der Waals surface area contributed by atoms with Crippen molar-refractivity contribution in [1.82, 2.24) is 19.4 Å². The van der Waals surface area contributed by atoms with Crippen molar-refractivity contribution in [3.63, 3.8) is 0 Å². The number of likely N-dealkylation sites (tertiary alicyclic amines) is 1. The van der Waals surface area contributed by atoms with Crippen LogP contribution in [0.5, 0.6) is 0 Å². The molecule has 0 spiro atoms. The minimum atomic E-state index is -1.31. The van der Waals surface area contributed by atoms with Crippen LogP contribution in [0.15, 0.2) is 40.3 Å². The highest BCUT2D eigenvalue weighted by atomic mass is 16.3. The zero-order chi connectivity index (χ0) is 18.2. The Balaban J connectivity index is 1.86. The van der Waals surface area contributed by atoms with Crippen molar-refractivity contribution in [3.05, 3.63) is 62.7 Å². The summed E-state index contributed by atoms with van der Waals surface area (Å²) in [5.41, 5.74) is -1.47. The van der Waals surface area contributed by atoms with Crippen molar-refractivity contribution in [3.8, 4) is 0 Å². The molecule has 3 heterocycles. The normalized spacial score (nSPS) is 23.5. The summed E-state index contributed by atoms with van der Waals surface area (Å²) in [6, 6.07) is 2.82. The van der Waals surface area contributed by atoms with Gasteiger partial charge < -0.3 is 10.0 Å². The van der Waals surface area contributed by atoms with Gasteiger partial charge in [0.2, 0.25) is 0 Å². The molecule has 8 nitrogen and oxygen atoms in total. The van der Waals surface area contributed by atoms with Gasteiger partial charge in [0.1, 0.15) is 5.60 Å². The Labute approximate surface area is 143 Å². The highest BCUT2D eigenvalue weighted by Crippen LogP contribution is 2.31. The molecule has 8 heteroatoms. The number of nitrogens with one attached hydrogen (secondary N) is 1. The molecular formula is C17H20N4O4. The van der Waals surface area contributed by atoms with Gasteiger partial charge in [-0.05, 0) is 32.4 Å². The SMILES string of the molecule is Cc1cn([C@H]2CCN(C(=O)c3cccnc3)C[C@]2(C)O)c(=O)[nH]c1=O. The predicted octanol–water partition coefficient (Wildman–Crippen LogP) is 0.0782. The van der Waals surface area contributed by atoms with Crippen molar-refractivity contribution in [1.29, 1.82) is 0 Å². The van der Waals surface area contributed by atoms with Crippen LogP contribution < -0.4 is 11.2 Å². The first-order chi connectivity index (χ1) is 11.8. The molecular weight excluding hydrogens is 324 g/mol. The summed E-state index contributed by atoms with van der Waals surface area (Å²) in [4.78, 5) is 44.0. The number of nitrogens with zero attached hydrogens (tertiary/aromatic N) is 3. The topological polar surface area (TPSA) is 108 Å². The molecule has 0 unspecified atom stereocenters. The number of rotatable bonds is 2. The van der Waals surface area contributed by atoms with Gasteiger partial charge in [-0.1, -0.05) is 0 Å². The van der Waals surface area contributed by atoms with E-state index >= 15 is 0 Å². The molecule has 3 rings (SSSR count). The van der Waals surface area contributed by atoms with Gasteiger partial charge in [0, 0.05) is 30.7 Å². The van der Waals surface area contributed by atoms with Crippen LogP contribution in [-0.4, -0.2) is 49.1 Å². The molecule has 0 saturated carbocycles. The van der Waals surface area contributed by atoms with Gasteiger partial charge in [0.15, 0.2) is 0 Å². The van der Waals surface area contributed by atoms with E-state index in [4.69, 9.17) is 0 Å². The number of aromatic amines is 1. The Bertz CT molecular complexity index is 901. The summed E-state index contributed by atoms with van der Waals surface area (Å²) >= 11 is 0. The molecule has 0 aromatic carbocycles. The smallest absolute Gasteiger partial charge is 0.328 e. The Hall–Kier alpha value is -2.74. The van der Waals surface area contributed by atoms with E-state index in [-0.39, 0.29) is 12.5 Å². The zero-order valence-electron chi connectivity index (χ0n) is 14.1. The molecule has 1 saturated heterocycles. The lowest BCUT2D eigenvalue weighted by atomic mass is 9.88. The van der Waals surface area contributed by atoms with Crippen LogP contribution in [0, 0.1) is 6.92 Å². The maximum Gasteiger partial charge on any atom is 0.328 e. The van der Waals surface area contributed by atoms with Crippen molar-refractivity contribution in [2.75, 3.05) is 13.1 Å². The summed E-state index contributed by atoms with van der Waals surface area (Å²) in [5.74, 6) is -0.211. The number of hydrogen-bond donors (Lipinski definition) is 2. The number of piperidine rings is 1. The fraction of sp³-hybridized carbons (Fsp3) is 0.412. The summed E-state index contributed by atoms with van der Waals surface area (Å²) < 4.78 is 1.35. The minimum absolute atomic E-state index is 0.0794. The summed E-state index contributed by atoms with van der Waals surface area (Å²) in [5, 5.41) is 10.9. The van der Waals surface area contributed by atoms with Gasteiger partial charge in [0.05, 0.1) is 18.2 Å². The van der Waals surface area contributed by atoms with Crippen LogP contribution in [0.4, 0.5) is 0 Å². The van der Waals surface area contributed by atoms with E-state index in [0.717, 1.165) is 0 Å². The number of H-pyrrole nitrogens is 1. The van der Waals surface area contributed by atoms with Crippen LogP contribution in [-0.2, 0) is 0 Å². The summed E-state index contributed by atoms with van der Waals surface area (Å²) in [7, 11) is 0. The van der Waals surface area contributed by atoms with E-state index in [0.29, 0.717) is 24.1 Å². The second-order valence-electron chi connectivity index (χ2n) is 6.61. The van der Waals surface area contributed by atoms with Crippen molar-refractivity contribution >= 4 is 5.91 Å². The molecule has 1 aliphatic rings. The Morgan fingerprint density at radius 3 is 2.84 bits per heavy atom. The van der Waals surface area contributed by atoms with Gasteiger partial charge in [-0.2, -0.15) is 0 Å². The van der Waals surface area contributed by atoms with Gasteiger partial charge >= 0.3 is 5.69 Å². The standard InChI is InChI=1S/C17H20N4O4/c1-11-9-21(16(24)19-14(11)22)13-5-7-20(10-17(13,2)25)15(23)12-4-3-6-18-8-12/h3-4,6,8-9,13,25H,5,7,10H2,1-2H3,(H,19,22,24)/t13-,17-/m0/s1. The lowest BCUT2D eigenvalue weighted by Gasteiger charge is -2.43. The molecule has 2 aromatic rings. The molecule has 2 atom stereocenters. The lowest BCUT2D eigenvalue weighted by molar-refractivity contribution is -0.0504. The van der Waals surface area contributed by atoms with E-state index in [1.165, 1.54) is 17.0 Å². The Morgan fingerprint density at radius 1 is 1.44 bits per heavy atom. The average Bonchev–Trinajstić information content (AvgIpc) is 2.58. The molecule has 0 bridgehead atoms. The van der Waals surface area contributed by atoms with E-state index < -0.39 is 22.9 Å². The molecule has 25 heavy (non-hydrogen) atoms. The summed E-state index contributed by atoms with van der Waals surface area (Å²) in [6.07, 6.45) is 4.92. The van der Waals surface area contributed by atoms with Crippen LogP contribution in [0.25, 0.3) is 0 Å². The number of aliphatic hydroxyl groups is 1. The number of hydrogen-bond acceptors (Lipinski definition) is 5. The third kappa shape index (κ3) is 3.25. The van der Waals surface area contributed by atoms with Crippen molar-refractivity contribution in [2.45, 2.75) is 31.9 Å². The number of aryl methyl sites for hydroxylation is 1. The number of pyridine rings is 1. The highest BCUT2D eigenvalue weighted by Gasteiger charge is 2.41. The lowest BCUT2D eigenvalue weighted by Crippen LogP contribution is -2.56.